The van der Waals surface area contributed by atoms with E-state index in [1.165, 1.54) is 36.4 Å². The average Bonchev–Trinajstić information content (AvgIpc) is 2.44. The molecular formula is C16H12ClF3O2S. The van der Waals surface area contributed by atoms with E-state index in [0.717, 1.165) is 17.7 Å². The summed E-state index contributed by atoms with van der Waals surface area (Å²) in [5, 5.41) is 0.216. The van der Waals surface area contributed by atoms with E-state index in [1.54, 1.807) is 6.92 Å². The van der Waals surface area contributed by atoms with E-state index in [0.29, 0.717) is 6.08 Å². The van der Waals surface area contributed by atoms with Gasteiger partial charge in [0.15, 0.2) is 4.91 Å². The Morgan fingerprint density at radius 1 is 1.09 bits per heavy atom. The third-order valence-corrected chi connectivity index (χ3v) is 5.10. The molecule has 2 nitrogen and oxygen atoms in total. The minimum absolute atomic E-state index is 0.0560. The molecule has 23 heavy (non-hydrogen) atoms. The fraction of sp³-hybridized carbons (Fsp3) is 0.125. The van der Waals surface area contributed by atoms with Crippen LogP contribution in [-0.2, 0) is 9.84 Å². The van der Waals surface area contributed by atoms with Crippen LogP contribution in [0.4, 0.5) is 13.2 Å². The highest BCUT2D eigenvalue weighted by Gasteiger charge is 2.43. The molecule has 0 amide bonds. The van der Waals surface area contributed by atoms with Crippen molar-refractivity contribution in [2.45, 2.75) is 18.0 Å². The van der Waals surface area contributed by atoms with Crippen LogP contribution >= 0.6 is 11.6 Å². The Labute approximate surface area is 137 Å². The summed E-state index contributed by atoms with van der Waals surface area (Å²) >= 11 is 5.73. The van der Waals surface area contributed by atoms with Gasteiger partial charge in [-0.3, -0.25) is 0 Å². The zero-order valence-electron chi connectivity index (χ0n) is 11.9. The van der Waals surface area contributed by atoms with Crippen molar-refractivity contribution >= 4 is 27.5 Å². The zero-order chi connectivity index (χ0) is 17.3. The summed E-state index contributed by atoms with van der Waals surface area (Å²) < 4.78 is 64.6. The maximum atomic E-state index is 13.3. The Balaban J connectivity index is 2.62. The fourth-order valence-electron chi connectivity index (χ4n) is 1.90. The minimum atomic E-state index is -5.02. The first-order chi connectivity index (χ1) is 10.6. The molecule has 0 heterocycles. The van der Waals surface area contributed by atoms with Crippen molar-refractivity contribution in [2.75, 3.05) is 0 Å². The molecule has 0 N–H and O–H groups in total. The molecule has 2 aromatic rings. The van der Waals surface area contributed by atoms with Crippen molar-refractivity contribution in [3.05, 3.63) is 69.6 Å². The van der Waals surface area contributed by atoms with Gasteiger partial charge in [0, 0.05) is 5.02 Å². The maximum absolute atomic E-state index is 13.3. The molecule has 0 aliphatic rings. The van der Waals surface area contributed by atoms with Gasteiger partial charge in [-0.25, -0.2) is 8.42 Å². The number of hydrogen-bond donors (Lipinski definition) is 0. The van der Waals surface area contributed by atoms with Crippen molar-refractivity contribution in [2.24, 2.45) is 0 Å². The van der Waals surface area contributed by atoms with Crippen molar-refractivity contribution in [3.8, 4) is 0 Å². The number of allylic oxidation sites excluding steroid dienone is 1. The van der Waals surface area contributed by atoms with Crippen molar-refractivity contribution in [1.82, 2.24) is 0 Å². The van der Waals surface area contributed by atoms with E-state index in [-0.39, 0.29) is 10.6 Å². The van der Waals surface area contributed by atoms with Gasteiger partial charge in [0.2, 0.25) is 9.84 Å². The Morgan fingerprint density at radius 3 is 2.22 bits per heavy atom. The lowest BCUT2D eigenvalue weighted by Gasteiger charge is -2.13. The van der Waals surface area contributed by atoms with Gasteiger partial charge < -0.3 is 0 Å². The molecule has 0 fully saturated rings. The minimum Gasteiger partial charge on any atom is -0.219 e. The first kappa shape index (κ1) is 17.6. The first-order valence-corrected chi connectivity index (χ1v) is 8.33. The van der Waals surface area contributed by atoms with E-state index < -0.39 is 25.8 Å². The highest BCUT2D eigenvalue weighted by atomic mass is 35.5. The lowest BCUT2D eigenvalue weighted by atomic mass is 10.2. The molecule has 2 rings (SSSR count). The Morgan fingerprint density at radius 2 is 1.70 bits per heavy atom. The van der Waals surface area contributed by atoms with Gasteiger partial charge in [0.05, 0.1) is 4.90 Å². The Bertz CT molecular complexity index is 838. The molecule has 2 aromatic carbocycles. The van der Waals surface area contributed by atoms with Crippen LogP contribution < -0.4 is 0 Å². The van der Waals surface area contributed by atoms with Gasteiger partial charge in [-0.15, -0.1) is 0 Å². The highest BCUT2D eigenvalue weighted by Crippen LogP contribution is 2.35. The second-order valence-electron chi connectivity index (χ2n) is 4.88. The summed E-state index contributed by atoms with van der Waals surface area (Å²) in [6, 6.07) is 10.7. The van der Waals surface area contributed by atoms with Crippen molar-refractivity contribution in [3.63, 3.8) is 0 Å². The molecular weight excluding hydrogens is 349 g/mol. The highest BCUT2D eigenvalue weighted by molar-refractivity contribution is 7.95. The number of hydrogen-bond acceptors (Lipinski definition) is 2. The van der Waals surface area contributed by atoms with Gasteiger partial charge in [-0.2, -0.15) is 13.2 Å². The van der Waals surface area contributed by atoms with Gasteiger partial charge >= 0.3 is 6.18 Å². The zero-order valence-corrected chi connectivity index (χ0v) is 13.5. The predicted octanol–water partition coefficient (Wildman–Crippen LogP) is 5.03. The van der Waals surface area contributed by atoms with Crippen LogP contribution in [0.3, 0.4) is 0 Å². The Kier molecular flexibility index (Phi) is 4.87. The van der Waals surface area contributed by atoms with Crippen LogP contribution in [0.2, 0.25) is 5.02 Å². The molecule has 0 saturated carbocycles. The second-order valence-corrected chi connectivity index (χ2v) is 7.23. The molecule has 0 unspecified atom stereocenters. The summed E-state index contributed by atoms with van der Waals surface area (Å²) in [7, 11) is -4.69. The molecule has 122 valence electrons. The summed E-state index contributed by atoms with van der Waals surface area (Å²) in [5.74, 6) is 0. The fourth-order valence-corrected chi connectivity index (χ4v) is 3.45. The van der Waals surface area contributed by atoms with Crippen LogP contribution in [-0.4, -0.2) is 14.6 Å². The number of rotatable bonds is 3. The topological polar surface area (TPSA) is 34.1 Å². The quantitative estimate of drug-likeness (QED) is 0.769. The molecule has 0 radical (unpaired) electrons. The molecule has 0 bridgehead atoms. The third-order valence-electron chi connectivity index (χ3n) is 3.05. The predicted molar refractivity (Wildman–Crippen MR) is 83.8 cm³/mol. The molecule has 0 atom stereocenters. The molecule has 0 aliphatic carbocycles. The SMILES string of the molecule is Cc1ccc(S(=O)(=O)/C(=C\c2cccc(Cl)c2)C(F)(F)F)cc1. The monoisotopic (exact) mass is 360 g/mol. The lowest BCUT2D eigenvalue weighted by molar-refractivity contribution is -0.0836. The molecule has 0 aliphatic heterocycles. The Hall–Kier alpha value is -1.79. The second kappa shape index (κ2) is 6.37. The van der Waals surface area contributed by atoms with Gasteiger partial charge in [-0.05, 0) is 42.8 Å². The number of benzene rings is 2. The molecule has 0 spiro atoms. The number of aryl methyl sites for hydroxylation is 1. The number of alkyl halides is 3. The molecule has 0 saturated heterocycles. The standard InChI is InChI=1S/C16H12ClF3O2S/c1-11-5-7-14(8-6-11)23(21,22)15(16(18,19)20)10-12-3-2-4-13(17)9-12/h2-10H,1H3/b15-10-. The van der Waals surface area contributed by atoms with E-state index in [2.05, 4.69) is 0 Å². The molecule has 7 heteroatoms. The largest absolute Gasteiger partial charge is 0.427 e. The smallest absolute Gasteiger partial charge is 0.219 e. The van der Waals surface area contributed by atoms with Crippen LogP contribution in [0.1, 0.15) is 11.1 Å². The number of halogens is 4. The summed E-state index contributed by atoms with van der Waals surface area (Å²) in [4.78, 5) is -2.04. The molecule has 0 aromatic heterocycles. The van der Waals surface area contributed by atoms with Crippen LogP contribution in [0.25, 0.3) is 6.08 Å². The van der Waals surface area contributed by atoms with E-state index >= 15 is 0 Å². The summed E-state index contributed by atoms with van der Waals surface area (Å²) in [5.41, 5.74) is 0.803. The normalized spacial score (nSPS) is 13.2. The summed E-state index contributed by atoms with van der Waals surface area (Å²) in [6.07, 6.45) is -4.44. The van der Waals surface area contributed by atoms with Crippen molar-refractivity contribution < 1.29 is 21.6 Å². The number of sulfone groups is 1. The maximum Gasteiger partial charge on any atom is 0.427 e. The van der Waals surface area contributed by atoms with E-state index in [9.17, 15) is 21.6 Å². The van der Waals surface area contributed by atoms with Crippen molar-refractivity contribution in [1.29, 1.82) is 0 Å². The van der Waals surface area contributed by atoms with Crippen LogP contribution in [0, 0.1) is 6.92 Å². The van der Waals surface area contributed by atoms with E-state index in [1.807, 2.05) is 0 Å². The van der Waals surface area contributed by atoms with Crippen LogP contribution in [0.15, 0.2) is 58.3 Å². The first-order valence-electron chi connectivity index (χ1n) is 6.47. The van der Waals surface area contributed by atoms with E-state index in [4.69, 9.17) is 11.6 Å². The lowest BCUT2D eigenvalue weighted by Crippen LogP contribution is -2.20. The average molecular weight is 361 g/mol. The van der Waals surface area contributed by atoms with Gasteiger partial charge in [0.1, 0.15) is 0 Å². The third kappa shape index (κ3) is 4.14. The van der Waals surface area contributed by atoms with Crippen LogP contribution in [0.5, 0.6) is 0 Å². The van der Waals surface area contributed by atoms with Gasteiger partial charge in [-0.1, -0.05) is 41.4 Å². The summed E-state index contributed by atoms with van der Waals surface area (Å²) in [6.45, 7) is 1.71. The van der Waals surface area contributed by atoms with Gasteiger partial charge in [0.25, 0.3) is 0 Å².